The van der Waals surface area contributed by atoms with Crippen molar-refractivity contribution in [1.82, 2.24) is 4.90 Å². The van der Waals surface area contributed by atoms with Gasteiger partial charge < -0.3 is 23.8 Å². The van der Waals surface area contributed by atoms with E-state index in [1.165, 1.54) is 6.92 Å². The first-order valence-corrected chi connectivity index (χ1v) is 10.5. The number of hydrogen-bond donors (Lipinski definition) is 0. The molecule has 29 heavy (non-hydrogen) atoms. The Kier molecular flexibility index (Phi) is 9.26. The third-order valence-corrected chi connectivity index (χ3v) is 5.49. The molecule has 2 unspecified atom stereocenters. The number of likely N-dealkylation sites (tertiary alicyclic amines) is 1. The summed E-state index contributed by atoms with van der Waals surface area (Å²) in [7, 11) is 1.85. The van der Waals surface area contributed by atoms with Crippen LogP contribution in [-0.2, 0) is 23.7 Å². The van der Waals surface area contributed by atoms with Gasteiger partial charge in [0.15, 0.2) is 5.88 Å². The van der Waals surface area contributed by atoms with E-state index in [0.29, 0.717) is 18.3 Å². The number of ether oxygens (including phenoxy) is 2. The summed E-state index contributed by atoms with van der Waals surface area (Å²) in [6.07, 6.45) is 2.89. The topological polar surface area (TPSA) is 65.1 Å². The summed E-state index contributed by atoms with van der Waals surface area (Å²) in [4.78, 5) is 25.3. The monoisotopic (exact) mass is 408 g/mol. The van der Waals surface area contributed by atoms with E-state index in [4.69, 9.17) is 14.1 Å². The molecule has 0 saturated carbocycles. The van der Waals surface area contributed by atoms with Crippen molar-refractivity contribution in [2.45, 2.75) is 97.9 Å². The van der Waals surface area contributed by atoms with Gasteiger partial charge in [0.2, 0.25) is 0 Å². The highest BCUT2D eigenvalue weighted by Crippen LogP contribution is 2.34. The second kappa shape index (κ2) is 10.5. The third-order valence-electron chi connectivity index (χ3n) is 5.49. The Labute approximate surface area is 177 Å². The summed E-state index contributed by atoms with van der Waals surface area (Å²) in [5.74, 6) is 0.386. The van der Waals surface area contributed by atoms with E-state index in [9.17, 15) is 9.59 Å². The highest BCUT2D eigenvalue weighted by molar-refractivity contribution is 6.27. The first-order chi connectivity index (χ1) is 13.3. The molecule has 0 N–H and O–H groups in total. The van der Waals surface area contributed by atoms with E-state index >= 15 is 0 Å². The fraction of sp³-hybridized carbons (Fsp3) is 0.818. The molecule has 1 aliphatic rings. The third kappa shape index (κ3) is 8.04. The number of esters is 1. The lowest BCUT2D eigenvalue weighted by Crippen LogP contribution is -2.36. The first-order valence-electron chi connectivity index (χ1n) is 10.5. The molecule has 6 nitrogen and oxygen atoms in total. The van der Waals surface area contributed by atoms with Gasteiger partial charge in [-0.1, -0.05) is 26.6 Å². The van der Waals surface area contributed by atoms with Crippen molar-refractivity contribution in [3.8, 4) is 0 Å². The zero-order chi connectivity index (χ0) is 22.4. The standard InChI is InChI=1S/C22H39BNO5/c1-15(2)22(8,9)29-23-12-10-11-18-19(14-25)24(13-20(18)27-17(4)26)16(3)28-21(5,6)7/h14-15,18-20H,3,10-13H2,1-2,4-9H3/t18?,19?,20-/m0/s1. The van der Waals surface area contributed by atoms with Gasteiger partial charge in [-0.05, 0) is 53.5 Å². The van der Waals surface area contributed by atoms with E-state index < -0.39 is 11.6 Å². The number of aldehydes is 1. The van der Waals surface area contributed by atoms with Gasteiger partial charge in [0.25, 0.3) is 7.48 Å². The number of nitrogens with zero attached hydrogens (tertiary/aromatic N) is 1. The van der Waals surface area contributed by atoms with Crippen LogP contribution in [0.1, 0.15) is 68.2 Å². The normalized spacial score (nSPS) is 22.5. The smallest absolute Gasteiger partial charge is 0.302 e. The van der Waals surface area contributed by atoms with E-state index in [-0.39, 0.29) is 23.6 Å². The summed E-state index contributed by atoms with van der Waals surface area (Å²) in [5.41, 5.74) is -0.632. The minimum Gasteiger partial charge on any atom is -0.474 e. The molecule has 0 amide bonds. The molecular weight excluding hydrogens is 369 g/mol. The zero-order valence-corrected chi connectivity index (χ0v) is 19.5. The van der Waals surface area contributed by atoms with Crippen molar-refractivity contribution in [1.29, 1.82) is 0 Å². The van der Waals surface area contributed by atoms with Gasteiger partial charge in [0.05, 0.1) is 12.6 Å². The second-order valence-corrected chi connectivity index (χ2v) is 9.67. The molecule has 1 saturated heterocycles. The first kappa shape index (κ1) is 25.5. The average molecular weight is 408 g/mol. The minimum atomic E-state index is -0.428. The Balaban J connectivity index is 2.73. The van der Waals surface area contributed by atoms with E-state index in [1.807, 2.05) is 33.2 Å². The van der Waals surface area contributed by atoms with Crippen LogP contribution < -0.4 is 0 Å². The summed E-state index contributed by atoms with van der Waals surface area (Å²) in [6.45, 7) is 20.0. The van der Waals surface area contributed by atoms with Gasteiger partial charge in [-0.2, -0.15) is 0 Å². The van der Waals surface area contributed by atoms with E-state index in [2.05, 4.69) is 34.3 Å². The van der Waals surface area contributed by atoms with Gasteiger partial charge in [-0.25, -0.2) is 0 Å². The van der Waals surface area contributed by atoms with Crippen LogP contribution >= 0.6 is 0 Å². The fourth-order valence-electron chi connectivity index (χ4n) is 3.30. The quantitative estimate of drug-likeness (QED) is 0.169. The maximum Gasteiger partial charge on any atom is 0.302 e. The molecule has 165 valence electrons. The van der Waals surface area contributed by atoms with Crippen molar-refractivity contribution >= 4 is 19.7 Å². The molecule has 0 aromatic heterocycles. The summed E-state index contributed by atoms with van der Waals surface area (Å²) >= 11 is 0. The van der Waals surface area contributed by atoms with Crippen LogP contribution in [0.2, 0.25) is 6.32 Å². The van der Waals surface area contributed by atoms with Crippen molar-refractivity contribution in [3.63, 3.8) is 0 Å². The molecule has 3 atom stereocenters. The van der Waals surface area contributed by atoms with Crippen molar-refractivity contribution in [3.05, 3.63) is 12.5 Å². The molecule has 0 aromatic carbocycles. The molecule has 0 bridgehead atoms. The molecule has 7 heteroatoms. The minimum absolute atomic E-state index is 0.108. The Morgan fingerprint density at radius 3 is 2.38 bits per heavy atom. The van der Waals surface area contributed by atoms with Crippen molar-refractivity contribution in [2.24, 2.45) is 11.8 Å². The fourth-order valence-corrected chi connectivity index (χ4v) is 3.30. The van der Waals surface area contributed by atoms with Crippen LogP contribution in [0.25, 0.3) is 0 Å². The van der Waals surface area contributed by atoms with E-state index in [0.717, 1.165) is 25.4 Å². The van der Waals surface area contributed by atoms with Crippen LogP contribution in [0.5, 0.6) is 0 Å². The lowest BCUT2D eigenvalue weighted by atomic mass is 9.83. The van der Waals surface area contributed by atoms with Gasteiger partial charge in [-0.3, -0.25) is 4.79 Å². The van der Waals surface area contributed by atoms with Crippen LogP contribution in [0.15, 0.2) is 12.5 Å². The highest BCUT2D eigenvalue weighted by Gasteiger charge is 2.44. The maximum absolute atomic E-state index is 11.9. The lowest BCUT2D eigenvalue weighted by molar-refractivity contribution is -0.147. The van der Waals surface area contributed by atoms with Gasteiger partial charge in [0.1, 0.15) is 18.0 Å². The SMILES string of the molecule is C=C(OC(C)(C)C)N1C[C@H](OC(C)=O)C(CCC[B]OC(C)(C)C(C)C)C1C=O. The highest BCUT2D eigenvalue weighted by atomic mass is 16.5. The van der Waals surface area contributed by atoms with Crippen LogP contribution in [0.3, 0.4) is 0 Å². The molecule has 0 aromatic rings. The molecular formula is C22H39BNO5. The summed E-state index contributed by atoms with van der Waals surface area (Å²) < 4.78 is 17.3. The average Bonchev–Trinajstić information content (AvgIpc) is 2.89. The number of carbonyl (C=O) groups is 2. The van der Waals surface area contributed by atoms with Gasteiger partial charge in [0, 0.05) is 18.4 Å². The van der Waals surface area contributed by atoms with Crippen molar-refractivity contribution in [2.75, 3.05) is 6.54 Å². The van der Waals surface area contributed by atoms with E-state index in [1.54, 1.807) is 0 Å². The van der Waals surface area contributed by atoms with Crippen LogP contribution in [-0.4, -0.2) is 54.5 Å². The predicted molar refractivity (Wildman–Crippen MR) is 115 cm³/mol. The number of rotatable bonds is 11. The molecule has 1 heterocycles. The second-order valence-electron chi connectivity index (χ2n) is 9.67. The largest absolute Gasteiger partial charge is 0.474 e. The predicted octanol–water partition coefficient (Wildman–Crippen LogP) is 3.97. The Hall–Kier alpha value is -1.50. The molecule has 0 aliphatic carbocycles. The molecule has 1 rings (SSSR count). The Bertz CT molecular complexity index is 570. The Morgan fingerprint density at radius 1 is 1.28 bits per heavy atom. The molecule has 1 aliphatic heterocycles. The van der Waals surface area contributed by atoms with Gasteiger partial charge in [-0.15, -0.1) is 0 Å². The number of hydrogen-bond acceptors (Lipinski definition) is 6. The summed E-state index contributed by atoms with van der Waals surface area (Å²) in [6, 6.07) is -0.428. The molecule has 1 fully saturated rings. The van der Waals surface area contributed by atoms with Crippen LogP contribution in [0.4, 0.5) is 0 Å². The van der Waals surface area contributed by atoms with Gasteiger partial charge >= 0.3 is 5.97 Å². The molecule has 1 radical (unpaired) electrons. The lowest BCUT2D eigenvalue weighted by Gasteiger charge is -2.31. The zero-order valence-electron chi connectivity index (χ0n) is 19.5. The number of carbonyl (C=O) groups excluding carboxylic acids is 2. The maximum atomic E-state index is 11.9. The van der Waals surface area contributed by atoms with Crippen LogP contribution in [0, 0.1) is 11.8 Å². The summed E-state index contributed by atoms with van der Waals surface area (Å²) in [5, 5.41) is 0. The Morgan fingerprint density at radius 2 is 1.90 bits per heavy atom. The van der Waals surface area contributed by atoms with Crippen molar-refractivity contribution < 1.29 is 23.7 Å². The molecule has 0 spiro atoms.